The molecule has 0 aromatic carbocycles. The maximum Gasteiger partial charge on any atom is 0.252 e. The minimum Gasteiger partial charge on any atom is -0.370 e. The van der Waals surface area contributed by atoms with Gasteiger partial charge in [-0.2, -0.15) is 0 Å². The van der Waals surface area contributed by atoms with Crippen molar-refractivity contribution in [1.82, 2.24) is 9.97 Å². The summed E-state index contributed by atoms with van der Waals surface area (Å²) in [6.07, 6.45) is 2.48. The zero-order chi connectivity index (χ0) is 12.1. The molecule has 0 aliphatic carbocycles. The molecule has 6 heteroatoms. The minimum atomic E-state index is -0.805. The van der Waals surface area contributed by atoms with E-state index in [4.69, 9.17) is 0 Å². The van der Waals surface area contributed by atoms with Gasteiger partial charge in [0.05, 0.1) is 0 Å². The zero-order valence-corrected chi connectivity index (χ0v) is 10.6. The lowest BCUT2D eigenvalue weighted by molar-refractivity contribution is 0.672. The SMILES string of the molecule is Cc1nc(NCCC(C)S(C)=O)cc(=O)[nH]1. The second-order valence-corrected chi connectivity index (χ2v) is 5.54. The van der Waals surface area contributed by atoms with Gasteiger partial charge in [0.1, 0.15) is 11.6 Å². The summed E-state index contributed by atoms with van der Waals surface area (Å²) in [7, 11) is -0.805. The summed E-state index contributed by atoms with van der Waals surface area (Å²) in [6, 6.07) is 1.42. The molecule has 2 unspecified atom stereocenters. The Labute approximate surface area is 97.1 Å². The maximum atomic E-state index is 11.1. The molecule has 0 amide bonds. The molecule has 0 spiro atoms. The predicted octanol–water partition coefficient (Wildman–Crippen LogP) is 0.647. The summed E-state index contributed by atoms with van der Waals surface area (Å²) < 4.78 is 11.1. The van der Waals surface area contributed by atoms with Gasteiger partial charge in [0.15, 0.2) is 0 Å². The normalized spacial score (nSPS) is 14.4. The lowest BCUT2D eigenvalue weighted by Crippen LogP contribution is -2.17. The van der Waals surface area contributed by atoms with Gasteiger partial charge >= 0.3 is 0 Å². The van der Waals surface area contributed by atoms with E-state index in [-0.39, 0.29) is 10.8 Å². The van der Waals surface area contributed by atoms with Crippen molar-refractivity contribution in [2.45, 2.75) is 25.5 Å². The molecular weight excluding hydrogens is 226 g/mol. The van der Waals surface area contributed by atoms with Crippen LogP contribution in [0.25, 0.3) is 0 Å². The van der Waals surface area contributed by atoms with Crippen LogP contribution < -0.4 is 10.9 Å². The molecule has 1 aromatic heterocycles. The van der Waals surface area contributed by atoms with Crippen molar-refractivity contribution in [2.24, 2.45) is 0 Å². The van der Waals surface area contributed by atoms with Crippen LogP contribution in [0, 0.1) is 6.92 Å². The van der Waals surface area contributed by atoms with E-state index in [1.807, 2.05) is 6.92 Å². The molecule has 1 rings (SSSR count). The molecule has 0 aliphatic rings. The van der Waals surface area contributed by atoms with Gasteiger partial charge in [-0.1, -0.05) is 6.92 Å². The van der Waals surface area contributed by atoms with Gasteiger partial charge in [0.2, 0.25) is 0 Å². The van der Waals surface area contributed by atoms with Crippen molar-refractivity contribution >= 4 is 16.6 Å². The third-order valence-electron chi connectivity index (χ3n) is 2.28. The fraction of sp³-hybridized carbons (Fsp3) is 0.600. The molecule has 2 N–H and O–H groups in total. The van der Waals surface area contributed by atoms with Crippen LogP contribution in [-0.2, 0) is 10.8 Å². The van der Waals surface area contributed by atoms with Crippen LogP contribution in [0.4, 0.5) is 5.82 Å². The lowest BCUT2D eigenvalue weighted by Gasteiger charge is -2.09. The van der Waals surface area contributed by atoms with E-state index in [0.717, 1.165) is 6.42 Å². The van der Waals surface area contributed by atoms with Crippen molar-refractivity contribution in [3.63, 3.8) is 0 Å². The number of nitrogens with one attached hydrogen (secondary N) is 2. The highest BCUT2D eigenvalue weighted by atomic mass is 32.2. The summed E-state index contributed by atoms with van der Waals surface area (Å²) in [6.45, 7) is 4.33. The number of hydrogen-bond acceptors (Lipinski definition) is 4. The van der Waals surface area contributed by atoms with Crippen molar-refractivity contribution < 1.29 is 4.21 Å². The van der Waals surface area contributed by atoms with Crippen LogP contribution in [0.5, 0.6) is 0 Å². The minimum absolute atomic E-state index is 0.149. The van der Waals surface area contributed by atoms with E-state index in [0.29, 0.717) is 18.2 Å². The molecule has 5 nitrogen and oxygen atoms in total. The van der Waals surface area contributed by atoms with Crippen LogP contribution in [-0.4, -0.2) is 32.2 Å². The highest BCUT2D eigenvalue weighted by molar-refractivity contribution is 7.84. The summed E-state index contributed by atoms with van der Waals surface area (Å²) >= 11 is 0. The van der Waals surface area contributed by atoms with Gasteiger partial charge in [-0.05, 0) is 13.3 Å². The largest absolute Gasteiger partial charge is 0.370 e. The Morgan fingerprint density at radius 3 is 2.88 bits per heavy atom. The Bertz CT molecular complexity index is 430. The van der Waals surface area contributed by atoms with Crippen LogP contribution in [0.2, 0.25) is 0 Å². The van der Waals surface area contributed by atoms with E-state index in [9.17, 15) is 9.00 Å². The average Bonchev–Trinajstić information content (AvgIpc) is 2.15. The van der Waals surface area contributed by atoms with Crippen molar-refractivity contribution in [3.05, 3.63) is 22.2 Å². The van der Waals surface area contributed by atoms with Gasteiger partial charge in [0, 0.05) is 34.9 Å². The predicted molar refractivity (Wildman–Crippen MR) is 66.2 cm³/mol. The first-order valence-corrected chi connectivity index (χ1v) is 6.75. The maximum absolute atomic E-state index is 11.1. The fourth-order valence-electron chi connectivity index (χ4n) is 1.24. The molecule has 16 heavy (non-hydrogen) atoms. The van der Waals surface area contributed by atoms with Gasteiger partial charge in [0.25, 0.3) is 5.56 Å². The molecule has 0 aliphatic heterocycles. The zero-order valence-electron chi connectivity index (χ0n) is 9.74. The standard InChI is InChI=1S/C10H17N3O2S/c1-7(16(3)15)4-5-11-9-6-10(14)13-8(2)12-9/h6-7H,4-5H2,1-3H3,(H2,11,12,13,14). The second kappa shape index (κ2) is 5.79. The van der Waals surface area contributed by atoms with E-state index in [2.05, 4.69) is 15.3 Å². The number of hydrogen-bond donors (Lipinski definition) is 2. The molecule has 0 saturated carbocycles. The van der Waals surface area contributed by atoms with Crippen LogP contribution in [0.3, 0.4) is 0 Å². The third-order valence-corrected chi connectivity index (χ3v) is 3.65. The highest BCUT2D eigenvalue weighted by Gasteiger charge is 2.05. The van der Waals surface area contributed by atoms with E-state index in [1.54, 1.807) is 13.2 Å². The Morgan fingerprint density at radius 2 is 2.31 bits per heavy atom. The van der Waals surface area contributed by atoms with E-state index >= 15 is 0 Å². The van der Waals surface area contributed by atoms with Crippen molar-refractivity contribution in [3.8, 4) is 0 Å². The summed E-state index contributed by atoms with van der Waals surface area (Å²) in [5.74, 6) is 1.15. The molecule has 90 valence electrons. The van der Waals surface area contributed by atoms with E-state index in [1.165, 1.54) is 6.07 Å². The quantitative estimate of drug-likeness (QED) is 0.796. The first kappa shape index (κ1) is 12.9. The molecular formula is C10H17N3O2S. The molecule has 1 heterocycles. The number of aromatic nitrogens is 2. The third kappa shape index (κ3) is 4.14. The monoisotopic (exact) mass is 243 g/mol. The van der Waals surface area contributed by atoms with Gasteiger partial charge < -0.3 is 10.3 Å². The van der Waals surface area contributed by atoms with Crippen LogP contribution >= 0.6 is 0 Å². The number of anilines is 1. The van der Waals surface area contributed by atoms with Gasteiger partial charge in [-0.25, -0.2) is 4.98 Å². The second-order valence-electron chi connectivity index (χ2n) is 3.74. The van der Waals surface area contributed by atoms with Crippen LogP contribution in [0.15, 0.2) is 10.9 Å². The fourth-order valence-corrected chi connectivity index (χ4v) is 1.69. The number of H-pyrrole nitrogens is 1. The summed E-state index contributed by atoms with van der Waals surface area (Å²) in [4.78, 5) is 17.8. The smallest absolute Gasteiger partial charge is 0.252 e. The molecule has 0 saturated heterocycles. The molecule has 0 radical (unpaired) electrons. The Balaban J connectivity index is 2.49. The Hall–Kier alpha value is -1.17. The van der Waals surface area contributed by atoms with Crippen LogP contribution in [0.1, 0.15) is 19.2 Å². The Kier molecular flexibility index (Phi) is 4.67. The summed E-state index contributed by atoms with van der Waals surface area (Å²) in [5.41, 5.74) is -0.165. The van der Waals surface area contributed by atoms with Crippen molar-refractivity contribution in [2.75, 3.05) is 18.1 Å². The topological polar surface area (TPSA) is 74.8 Å². The van der Waals surface area contributed by atoms with Crippen molar-refractivity contribution in [1.29, 1.82) is 0 Å². The number of aryl methyl sites for hydroxylation is 1. The first-order valence-electron chi connectivity index (χ1n) is 5.13. The number of aromatic amines is 1. The molecule has 0 bridgehead atoms. The Morgan fingerprint density at radius 1 is 1.62 bits per heavy atom. The first-order chi connectivity index (χ1) is 7.49. The molecule has 0 fully saturated rings. The highest BCUT2D eigenvalue weighted by Crippen LogP contribution is 2.02. The average molecular weight is 243 g/mol. The molecule has 1 aromatic rings. The van der Waals surface area contributed by atoms with Gasteiger partial charge in [-0.15, -0.1) is 0 Å². The number of rotatable bonds is 5. The summed E-state index contributed by atoms with van der Waals surface area (Å²) in [5, 5.41) is 3.20. The lowest BCUT2D eigenvalue weighted by atomic mass is 10.3. The van der Waals surface area contributed by atoms with E-state index < -0.39 is 10.8 Å². The number of nitrogens with zero attached hydrogens (tertiary/aromatic N) is 1. The van der Waals surface area contributed by atoms with Gasteiger partial charge in [-0.3, -0.25) is 9.00 Å². The molecule has 2 atom stereocenters.